The molecule has 2 heterocycles. The summed E-state index contributed by atoms with van der Waals surface area (Å²) in [6, 6.07) is 6.49. The number of aromatic nitrogens is 2. The zero-order chi connectivity index (χ0) is 26.4. The van der Waals surface area contributed by atoms with Gasteiger partial charge in [-0.15, -0.1) is 0 Å². The number of aliphatic imine (C=N–C) groups is 1. The van der Waals surface area contributed by atoms with E-state index in [0.29, 0.717) is 40.6 Å². The van der Waals surface area contributed by atoms with Crippen molar-refractivity contribution in [1.82, 2.24) is 19.6 Å². The number of fused-ring (bicyclic) bond motifs is 1. The molecular formula is C24H21F6N5O. The van der Waals surface area contributed by atoms with Crippen LogP contribution in [0, 0.1) is 0 Å². The number of amidine groups is 1. The molecule has 2 aromatic carbocycles. The first-order chi connectivity index (χ1) is 16.8. The molecule has 0 bridgehead atoms. The molecular weight excluding hydrogens is 488 g/mol. The van der Waals surface area contributed by atoms with E-state index in [-0.39, 0.29) is 24.2 Å². The van der Waals surface area contributed by atoms with Gasteiger partial charge in [0.15, 0.2) is 5.84 Å². The van der Waals surface area contributed by atoms with Crippen LogP contribution in [0.25, 0.3) is 17.0 Å². The number of rotatable bonds is 4. The van der Waals surface area contributed by atoms with E-state index >= 15 is 0 Å². The van der Waals surface area contributed by atoms with Crippen LogP contribution in [-0.2, 0) is 18.9 Å². The maximum Gasteiger partial charge on any atom is 0.416 e. The van der Waals surface area contributed by atoms with Gasteiger partial charge in [-0.2, -0.15) is 31.4 Å². The van der Waals surface area contributed by atoms with Gasteiger partial charge in [-0.05, 0) is 48.4 Å². The largest absolute Gasteiger partial charge is 0.416 e. The molecule has 1 fully saturated rings. The van der Waals surface area contributed by atoms with E-state index in [2.05, 4.69) is 10.1 Å². The summed E-state index contributed by atoms with van der Waals surface area (Å²) in [5.74, 6) is 0.516. The lowest BCUT2D eigenvalue weighted by atomic mass is 10.0. The summed E-state index contributed by atoms with van der Waals surface area (Å²) in [6.45, 7) is 1.91. The average Bonchev–Trinajstić information content (AvgIpc) is 3.30. The molecule has 3 aromatic rings. The van der Waals surface area contributed by atoms with Gasteiger partial charge in [0.1, 0.15) is 0 Å². The summed E-state index contributed by atoms with van der Waals surface area (Å²) in [6.07, 6.45) is -6.62. The summed E-state index contributed by atoms with van der Waals surface area (Å²) >= 11 is 0. The normalized spacial score (nSPS) is 17.3. The molecule has 36 heavy (non-hydrogen) atoms. The number of alkyl halides is 6. The molecule has 1 saturated heterocycles. The smallest absolute Gasteiger partial charge is 0.293 e. The van der Waals surface area contributed by atoms with Crippen LogP contribution >= 0.6 is 0 Å². The molecule has 1 aromatic heterocycles. The maximum atomic E-state index is 13.5. The molecule has 0 N–H and O–H groups in total. The first kappa shape index (κ1) is 25.3. The molecule has 190 valence electrons. The van der Waals surface area contributed by atoms with Crippen molar-refractivity contribution in [3.8, 4) is 0 Å². The number of nitrogens with zero attached hydrogens (tertiary/aromatic N) is 5. The van der Waals surface area contributed by atoms with E-state index in [1.165, 1.54) is 20.7 Å². The average molecular weight is 509 g/mol. The summed E-state index contributed by atoms with van der Waals surface area (Å²) in [7, 11) is 3.22. The molecule has 0 radical (unpaired) electrons. The summed E-state index contributed by atoms with van der Waals surface area (Å²) in [5, 5.41) is 4.76. The third-order valence-electron chi connectivity index (χ3n) is 5.92. The summed E-state index contributed by atoms with van der Waals surface area (Å²) < 4.78 is 80.8. The van der Waals surface area contributed by atoms with Crippen LogP contribution < -0.4 is 0 Å². The molecule has 4 rings (SSSR count). The van der Waals surface area contributed by atoms with E-state index in [0.717, 1.165) is 6.07 Å². The number of amides is 2. The van der Waals surface area contributed by atoms with Crippen molar-refractivity contribution in [2.45, 2.75) is 25.8 Å². The number of carbonyl (C=O) groups is 1. The van der Waals surface area contributed by atoms with E-state index in [4.69, 9.17) is 0 Å². The second kappa shape index (κ2) is 8.99. The standard InChI is InChI=1S/C24H21F6N5O/c1-4-34-21(31-2)20(33(3)22(34)36)10-14-5-8-19-16(9-14)12-32-35(19)13-15-6-7-17(23(25,26)27)11-18(15)24(28,29)30/h5-12H,4,13H2,1-3H3/b20-10-,31-21?. The second-order valence-electron chi connectivity index (χ2n) is 8.15. The number of hydrogen-bond donors (Lipinski definition) is 0. The molecule has 0 atom stereocenters. The predicted octanol–water partition coefficient (Wildman–Crippen LogP) is 5.88. The molecule has 6 nitrogen and oxygen atoms in total. The van der Waals surface area contributed by atoms with Crippen LogP contribution in [-0.4, -0.2) is 52.1 Å². The van der Waals surface area contributed by atoms with Gasteiger partial charge >= 0.3 is 18.4 Å². The number of urea groups is 1. The first-order valence-corrected chi connectivity index (χ1v) is 10.8. The number of likely N-dealkylation sites (N-methyl/N-ethyl adjacent to an activating group) is 2. The lowest BCUT2D eigenvalue weighted by molar-refractivity contribution is -0.143. The number of hydrogen-bond acceptors (Lipinski definition) is 3. The number of carbonyl (C=O) groups excluding carboxylic acids is 1. The Bertz CT molecular complexity index is 1390. The van der Waals surface area contributed by atoms with E-state index < -0.39 is 23.5 Å². The van der Waals surface area contributed by atoms with Crippen molar-refractivity contribution in [2.24, 2.45) is 4.99 Å². The minimum absolute atomic E-state index is 0.122. The highest BCUT2D eigenvalue weighted by molar-refractivity contribution is 6.16. The van der Waals surface area contributed by atoms with E-state index in [1.54, 1.807) is 38.4 Å². The molecule has 0 unspecified atom stereocenters. The zero-order valence-electron chi connectivity index (χ0n) is 19.4. The molecule has 0 saturated carbocycles. The van der Waals surface area contributed by atoms with Crippen LogP contribution in [0.5, 0.6) is 0 Å². The Balaban J connectivity index is 1.69. The molecule has 0 spiro atoms. The highest BCUT2D eigenvalue weighted by Gasteiger charge is 2.38. The molecule has 1 aliphatic rings. The topological polar surface area (TPSA) is 53.7 Å². The van der Waals surface area contributed by atoms with Gasteiger partial charge in [-0.1, -0.05) is 12.1 Å². The van der Waals surface area contributed by atoms with Gasteiger partial charge in [-0.3, -0.25) is 19.5 Å². The van der Waals surface area contributed by atoms with Gasteiger partial charge in [0.2, 0.25) is 0 Å². The van der Waals surface area contributed by atoms with Crippen molar-refractivity contribution < 1.29 is 31.1 Å². The molecule has 12 heteroatoms. The Morgan fingerprint density at radius 3 is 2.36 bits per heavy atom. The second-order valence-corrected chi connectivity index (χ2v) is 8.15. The van der Waals surface area contributed by atoms with E-state index in [1.807, 2.05) is 6.92 Å². The zero-order valence-corrected chi connectivity index (χ0v) is 19.4. The Hall–Kier alpha value is -3.83. The lowest BCUT2D eigenvalue weighted by Crippen LogP contribution is -2.31. The Morgan fingerprint density at radius 1 is 1.03 bits per heavy atom. The number of benzene rings is 2. The molecule has 0 aliphatic carbocycles. The van der Waals surface area contributed by atoms with E-state index in [9.17, 15) is 31.1 Å². The molecule has 2 amide bonds. The van der Waals surface area contributed by atoms with Gasteiger partial charge in [0.25, 0.3) is 0 Å². The fourth-order valence-corrected chi connectivity index (χ4v) is 4.14. The van der Waals surface area contributed by atoms with Gasteiger partial charge in [0.05, 0.1) is 35.1 Å². The van der Waals surface area contributed by atoms with Crippen LogP contribution in [0.4, 0.5) is 31.1 Å². The van der Waals surface area contributed by atoms with Crippen molar-refractivity contribution in [1.29, 1.82) is 0 Å². The van der Waals surface area contributed by atoms with Gasteiger partial charge in [0, 0.05) is 26.0 Å². The minimum Gasteiger partial charge on any atom is -0.293 e. The third kappa shape index (κ3) is 4.54. The van der Waals surface area contributed by atoms with Crippen molar-refractivity contribution in [3.05, 3.63) is 70.5 Å². The molecule has 1 aliphatic heterocycles. The van der Waals surface area contributed by atoms with Crippen molar-refractivity contribution in [2.75, 3.05) is 20.6 Å². The van der Waals surface area contributed by atoms with Crippen molar-refractivity contribution in [3.63, 3.8) is 0 Å². The Kier molecular flexibility index (Phi) is 6.31. The monoisotopic (exact) mass is 509 g/mol. The first-order valence-electron chi connectivity index (χ1n) is 10.8. The quantitative estimate of drug-likeness (QED) is 0.413. The van der Waals surface area contributed by atoms with Gasteiger partial charge in [-0.25, -0.2) is 4.79 Å². The Morgan fingerprint density at radius 2 is 1.75 bits per heavy atom. The van der Waals surface area contributed by atoms with Crippen LogP contribution in [0.3, 0.4) is 0 Å². The van der Waals surface area contributed by atoms with Crippen LogP contribution in [0.15, 0.2) is 53.3 Å². The minimum atomic E-state index is -4.96. The van der Waals surface area contributed by atoms with Crippen molar-refractivity contribution >= 4 is 28.8 Å². The van der Waals surface area contributed by atoms with Gasteiger partial charge < -0.3 is 0 Å². The fraction of sp³-hybridized carbons (Fsp3) is 0.292. The highest BCUT2D eigenvalue weighted by atomic mass is 19.4. The lowest BCUT2D eigenvalue weighted by Gasteiger charge is -2.16. The van der Waals surface area contributed by atoms with Crippen LogP contribution in [0.2, 0.25) is 0 Å². The highest BCUT2D eigenvalue weighted by Crippen LogP contribution is 2.38. The SMILES string of the molecule is CCN1C(=O)N(C)/C(=C\c2ccc3c(cnn3Cc3ccc(C(F)(F)F)cc3C(F)(F)F)c2)C1=NC. The fourth-order valence-electron chi connectivity index (χ4n) is 4.14. The van der Waals surface area contributed by atoms with Crippen LogP contribution in [0.1, 0.15) is 29.2 Å². The Labute approximate surface area is 202 Å². The summed E-state index contributed by atoms with van der Waals surface area (Å²) in [5.41, 5.74) is -1.25. The predicted molar refractivity (Wildman–Crippen MR) is 122 cm³/mol. The summed E-state index contributed by atoms with van der Waals surface area (Å²) in [4.78, 5) is 19.7. The third-order valence-corrected chi connectivity index (χ3v) is 5.92. The number of halogens is 6. The maximum absolute atomic E-state index is 13.5.